The molecule has 18 heteroatoms. The fraction of sp³-hybridized carbons (Fsp3) is 0.304. The maximum Gasteiger partial charge on any atom is 1.00 e. The van der Waals surface area contributed by atoms with Crippen LogP contribution in [0.25, 0.3) is 0 Å². The smallest absolute Gasteiger partial charge is 0.790 e. The minimum atomic E-state index is -5.40. The number of pyridine rings is 1. The summed E-state index contributed by atoms with van der Waals surface area (Å²) in [4.78, 5) is 48.1. The van der Waals surface area contributed by atoms with Crippen LogP contribution in [0, 0.1) is 12.7 Å². The van der Waals surface area contributed by atoms with E-state index in [9.17, 15) is 23.5 Å². The van der Waals surface area contributed by atoms with Crippen molar-refractivity contribution in [2.24, 2.45) is 0 Å². The Morgan fingerprint density at radius 1 is 1.10 bits per heavy atom. The Morgan fingerprint density at radius 3 is 2.32 bits per heavy atom. The van der Waals surface area contributed by atoms with Crippen molar-refractivity contribution < 1.29 is 101 Å². The molecule has 0 saturated carbocycles. The molecule has 208 valence electrons. The molecule has 1 aliphatic rings. The Hall–Kier alpha value is -2.04. The van der Waals surface area contributed by atoms with Crippen LogP contribution in [0.4, 0.5) is 33.5 Å². The molecule has 0 unspecified atom stereocenters. The molecule has 0 fully saturated rings. The largest absolute Gasteiger partial charge is 1.00 e. The van der Waals surface area contributed by atoms with Crippen molar-refractivity contribution in [2.45, 2.75) is 26.4 Å². The van der Waals surface area contributed by atoms with Crippen LogP contribution in [0.2, 0.25) is 0 Å². The summed E-state index contributed by atoms with van der Waals surface area (Å²) < 4.78 is 46.3. The number of carbonyl (C=O) groups excluding carboxylic acids is 1. The number of phosphoric ester groups is 1. The molecule has 0 radical (unpaired) electrons. The molecule has 14 nitrogen and oxygen atoms in total. The Bertz CT molecular complexity index is 1450. The van der Waals surface area contributed by atoms with E-state index in [0.29, 0.717) is 17.2 Å². The molecular weight excluding hydrogens is 584 g/mol. The molecule has 1 amide bonds. The number of fused-ring (bicyclic) bond motifs is 1. The number of phosphoric acid groups is 1. The number of hydrogen-bond acceptors (Lipinski definition) is 13. The number of nitrogens with one attached hydrogen (secondary N) is 2. The number of rotatable bonds is 9. The third-order valence-electron chi connectivity index (χ3n) is 5.56. The number of halogens is 1. The van der Waals surface area contributed by atoms with Crippen molar-refractivity contribution in [3.63, 3.8) is 0 Å². The van der Waals surface area contributed by atoms with Crippen LogP contribution in [-0.2, 0) is 13.9 Å². The van der Waals surface area contributed by atoms with Gasteiger partial charge in [-0.1, -0.05) is 0 Å². The average molecular weight is 608 g/mol. The van der Waals surface area contributed by atoms with Gasteiger partial charge in [0, 0.05) is 23.4 Å². The molecule has 4 rings (SSSR count). The van der Waals surface area contributed by atoms with Crippen molar-refractivity contribution >= 4 is 42.8 Å². The predicted molar refractivity (Wildman–Crippen MR) is 133 cm³/mol. The molecule has 0 atom stereocenters. The van der Waals surface area contributed by atoms with E-state index < -0.39 is 31.9 Å². The maximum absolute atomic E-state index is 14.6. The van der Waals surface area contributed by atoms with Crippen molar-refractivity contribution in [1.29, 1.82) is 0 Å². The molecule has 2 aromatic heterocycles. The second-order valence-electron chi connectivity index (χ2n) is 8.72. The van der Waals surface area contributed by atoms with Gasteiger partial charge in [-0.2, -0.15) is 4.98 Å². The number of nitrogens with zero attached hydrogens (tertiary/aromatic N) is 4. The summed E-state index contributed by atoms with van der Waals surface area (Å²) in [5, 5.41) is 5.64. The van der Waals surface area contributed by atoms with Gasteiger partial charge in [0.2, 0.25) is 5.95 Å². The summed E-state index contributed by atoms with van der Waals surface area (Å²) in [7, 11) is -2.37. The van der Waals surface area contributed by atoms with E-state index in [1.807, 2.05) is 6.92 Å². The van der Waals surface area contributed by atoms with Gasteiger partial charge in [0.25, 0.3) is 5.91 Å². The number of amides is 1. The zero-order chi connectivity index (χ0) is 28.5. The number of hydrogen-bond donors (Lipinski definition) is 2. The molecule has 0 bridgehead atoms. The topological polar surface area (TPSA) is 183 Å². The van der Waals surface area contributed by atoms with E-state index in [4.69, 9.17) is 14.2 Å². The van der Waals surface area contributed by atoms with Gasteiger partial charge in [-0.15, -0.1) is 0 Å². The van der Waals surface area contributed by atoms with Gasteiger partial charge in [0.15, 0.2) is 28.8 Å². The Balaban J connectivity index is 0.00000294. The summed E-state index contributed by atoms with van der Waals surface area (Å²) >= 11 is 0. The van der Waals surface area contributed by atoms with Crippen LogP contribution in [0.15, 0.2) is 30.5 Å². The molecular formula is C23H24FN6Na2O8P. The van der Waals surface area contributed by atoms with Crippen LogP contribution < -0.4 is 98.6 Å². The average Bonchev–Trinajstić information content (AvgIpc) is 2.86. The molecule has 41 heavy (non-hydrogen) atoms. The zero-order valence-electron chi connectivity index (χ0n) is 23.5. The minimum absolute atomic E-state index is 0. The van der Waals surface area contributed by atoms with Crippen molar-refractivity contribution in [1.82, 2.24) is 15.0 Å². The Morgan fingerprint density at radius 2 is 1.73 bits per heavy atom. The van der Waals surface area contributed by atoms with E-state index >= 15 is 0 Å². The quantitative estimate of drug-likeness (QED) is 0.178. The first-order valence-corrected chi connectivity index (χ1v) is 12.7. The van der Waals surface area contributed by atoms with Gasteiger partial charge in [-0.3, -0.25) is 9.69 Å². The van der Waals surface area contributed by atoms with Crippen LogP contribution in [0.5, 0.6) is 17.2 Å². The van der Waals surface area contributed by atoms with E-state index in [-0.39, 0.29) is 88.3 Å². The molecule has 2 N–H and O–H groups in total. The number of anilines is 5. The first-order chi connectivity index (χ1) is 18.3. The first kappa shape index (κ1) is 35.2. The third-order valence-corrected chi connectivity index (χ3v) is 6.00. The van der Waals surface area contributed by atoms with Gasteiger partial charge in [0.1, 0.15) is 24.0 Å². The van der Waals surface area contributed by atoms with Crippen LogP contribution in [0.3, 0.4) is 0 Å². The van der Waals surface area contributed by atoms with E-state index in [1.165, 1.54) is 40.2 Å². The van der Waals surface area contributed by atoms with Crippen molar-refractivity contribution in [2.75, 3.05) is 36.5 Å². The van der Waals surface area contributed by atoms with Gasteiger partial charge >= 0.3 is 59.1 Å². The standard InChI is InChI=1S/C23H26FN6O8P.2Na/c1-12-16(35-4)8-13(9-17(12)36-5)26-22-25-10-14(24)19(29-22)27-18-7-6-15-20(28-18)30(11-37-39(32,33)34)21(31)23(2,3)38-15;;/h6-10H,11H2,1-5H3,(H2,32,33,34)(H2,25,26,27,28,29);;/q;2*+1/p-2. The number of benzene rings is 1. The predicted octanol–water partition coefficient (Wildman–Crippen LogP) is -3.86. The number of methoxy groups -OCH3 is 2. The molecule has 1 aliphatic heterocycles. The van der Waals surface area contributed by atoms with E-state index in [0.717, 1.165) is 16.7 Å². The van der Waals surface area contributed by atoms with Crippen molar-refractivity contribution in [3.8, 4) is 17.2 Å². The third kappa shape index (κ3) is 8.29. The van der Waals surface area contributed by atoms with Gasteiger partial charge in [-0.05, 0) is 32.9 Å². The summed E-state index contributed by atoms with van der Waals surface area (Å²) in [5.74, 6) is -0.684. The summed E-state index contributed by atoms with van der Waals surface area (Å²) in [6, 6.07) is 6.25. The number of ether oxygens (including phenoxy) is 3. The van der Waals surface area contributed by atoms with Crippen molar-refractivity contribution in [3.05, 3.63) is 41.8 Å². The molecule has 0 aliphatic carbocycles. The van der Waals surface area contributed by atoms with Gasteiger partial charge < -0.3 is 43.7 Å². The van der Waals surface area contributed by atoms with E-state index in [1.54, 1.807) is 12.1 Å². The second-order valence-corrected chi connectivity index (χ2v) is 9.87. The number of carbonyl (C=O) groups is 1. The summed E-state index contributed by atoms with van der Waals surface area (Å²) in [6.45, 7) is 3.82. The van der Waals surface area contributed by atoms with Gasteiger partial charge in [0.05, 0.1) is 28.2 Å². The molecule has 1 aromatic carbocycles. The molecule has 0 saturated heterocycles. The van der Waals surface area contributed by atoms with Crippen LogP contribution in [0.1, 0.15) is 19.4 Å². The van der Waals surface area contributed by atoms with Crippen LogP contribution >= 0.6 is 7.82 Å². The number of aromatic nitrogens is 3. The monoisotopic (exact) mass is 608 g/mol. The zero-order valence-corrected chi connectivity index (χ0v) is 28.4. The van der Waals surface area contributed by atoms with Gasteiger partial charge in [-0.25, -0.2) is 14.4 Å². The van der Waals surface area contributed by atoms with E-state index in [2.05, 4.69) is 30.1 Å². The maximum atomic E-state index is 14.6. The fourth-order valence-corrected chi connectivity index (χ4v) is 3.95. The summed E-state index contributed by atoms with van der Waals surface area (Å²) in [5.41, 5.74) is -0.101. The molecule has 3 aromatic rings. The fourth-order valence-electron chi connectivity index (χ4n) is 3.69. The first-order valence-electron chi connectivity index (χ1n) is 11.3. The minimum Gasteiger partial charge on any atom is -0.790 e. The Kier molecular flexibility index (Phi) is 12.0. The second kappa shape index (κ2) is 14.0. The normalized spacial score (nSPS) is 13.7. The molecule has 0 spiro atoms. The Labute approximate surface area is 279 Å². The summed E-state index contributed by atoms with van der Waals surface area (Å²) in [6.07, 6.45) is 0.939. The van der Waals surface area contributed by atoms with Crippen LogP contribution in [-0.4, -0.2) is 47.4 Å². The SMILES string of the molecule is COc1cc(Nc2ncc(F)c(Nc3ccc4c(n3)N(COP(=O)([O-])[O-])C(=O)C(C)(C)O4)n2)cc(OC)c1C.[Na+].[Na+]. The molecule has 3 heterocycles.